The summed E-state index contributed by atoms with van der Waals surface area (Å²) in [6, 6.07) is 3.24. The quantitative estimate of drug-likeness (QED) is 0.654. The van der Waals surface area contributed by atoms with E-state index in [4.69, 9.17) is 9.15 Å². The van der Waals surface area contributed by atoms with E-state index < -0.39 is 10.5 Å². The third kappa shape index (κ3) is 1.95. The Morgan fingerprint density at radius 2 is 2.30 bits per heavy atom. The fourth-order valence-corrected chi connectivity index (χ4v) is 2.32. The van der Waals surface area contributed by atoms with Crippen molar-refractivity contribution in [2.45, 2.75) is 5.60 Å². The van der Waals surface area contributed by atoms with Crippen molar-refractivity contribution >= 4 is 5.82 Å². The van der Waals surface area contributed by atoms with Crippen LogP contribution in [-0.4, -0.2) is 34.6 Å². The molecule has 0 spiro atoms. The molecule has 0 radical (unpaired) electrons. The first-order valence-electron chi connectivity index (χ1n) is 6.08. The zero-order chi connectivity index (χ0) is 14.0. The van der Waals surface area contributed by atoms with Gasteiger partial charge in [-0.05, 0) is 22.0 Å². The Morgan fingerprint density at radius 3 is 2.95 bits per heavy atom. The Bertz CT molecular complexity index is 608. The Balaban J connectivity index is 2.18. The van der Waals surface area contributed by atoms with E-state index in [2.05, 4.69) is 15.3 Å². The first-order valence-corrected chi connectivity index (χ1v) is 6.08. The Hall–Kier alpha value is -2.32. The lowest BCUT2D eigenvalue weighted by molar-refractivity contribution is -0.391. The molecule has 1 saturated heterocycles. The van der Waals surface area contributed by atoms with Crippen molar-refractivity contribution < 1.29 is 14.1 Å². The molecule has 1 atom stereocenters. The number of rotatable bonds is 3. The van der Waals surface area contributed by atoms with E-state index in [9.17, 15) is 10.1 Å². The Labute approximate surface area is 113 Å². The molecule has 20 heavy (non-hydrogen) atoms. The van der Waals surface area contributed by atoms with Gasteiger partial charge < -0.3 is 24.6 Å². The van der Waals surface area contributed by atoms with Crippen LogP contribution in [0, 0.1) is 10.1 Å². The number of nitrogens with zero attached hydrogens (tertiary/aromatic N) is 3. The third-order valence-corrected chi connectivity index (χ3v) is 3.17. The number of pyridine rings is 1. The molecule has 2 aromatic rings. The van der Waals surface area contributed by atoms with Gasteiger partial charge in [-0.3, -0.25) is 0 Å². The maximum absolute atomic E-state index is 11.2. The van der Waals surface area contributed by atoms with Crippen molar-refractivity contribution in [2.75, 3.05) is 19.7 Å². The Kier molecular flexibility index (Phi) is 3.17. The summed E-state index contributed by atoms with van der Waals surface area (Å²) < 4.78 is 11.2. The molecule has 2 aromatic heterocycles. The fourth-order valence-electron chi connectivity index (χ4n) is 2.32. The zero-order valence-corrected chi connectivity index (χ0v) is 10.5. The number of hydrogen-bond acceptors (Lipinski definition) is 7. The fraction of sp³-hybridized carbons (Fsp3) is 0.333. The molecule has 0 bridgehead atoms. The molecule has 0 aromatic carbocycles. The largest absolute Gasteiger partial charge is 0.446 e. The summed E-state index contributed by atoms with van der Waals surface area (Å²) in [5, 5.41) is 14.3. The van der Waals surface area contributed by atoms with Gasteiger partial charge in [-0.15, -0.1) is 0 Å². The average Bonchev–Trinajstić information content (AvgIpc) is 3.03. The molecule has 0 saturated carbocycles. The minimum absolute atomic E-state index is 0.255. The second-order valence-electron chi connectivity index (χ2n) is 4.32. The van der Waals surface area contributed by atoms with Gasteiger partial charge in [0.1, 0.15) is 12.5 Å². The van der Waals surface area contributed by atoms with Gasteiger partial charge in [0, 0.05) is 13.1 Å². The van der Waals surface area contributed by atoms with E-state index in [0.717, 1.165) is 0 Å². The van der Waals surface area contributed by atoms with Gasteiger partial charge in [0.2, 0.25) is 5.89 Å². The smallest absolute Gasteiger partial charge is 0.370 e. The maximum atomic E-state index is 11.2. The van der Waals surface area contributed by atoms with Crippen LogP contribution in [0.25, 0.3) is 0 Å². The first-order chi connectivity index (χ1) is 9.74. The van der Waals surface area contributed by atoms with Crippen molar-refractivity contribution in [3.63, 3.8) is 0 Å². The van der Waals surface area contributed by atoms with Crippen LogP contribution in [0.4, 0.5) is 5.82 Å². The van der Waals surface area contributed by atoms with Crippen molar-refractivity contribution in [1.29, 1.82) is 0 Å². The molecule has 1 aliphatic rings. The summed E-state index contributed by atoms with van der Waals surface area (Å²) in [4.78, 5) is 18.6. The molecule has 3 rings (SSSR count). The van der Waals surface area contributed by atoms with E-state index in [1.54, 1.807) is 12.1 Å². The van der Waals surface area contributed by atoms with Gasteiger partial charge in [0.05, 0.1) is 18.4 Å². The predicted molar refractivity (Wildman–Crippen MR) is 67.0 cm³/mol. The van der Waals surface area contributed by atoms with E-state index in [1.165, 1.54) is 18.7 Å². The number of ether oxygens (including phenoxy) is 1. The zero-order valence-electron chi connectivity index (χ0n) is 10.5. The summed E-state index contributed by atoms with van der Waals surface area (Å²) in [6.45, 7) is 1.39. The van der Waals surface area contributed by atoms with Crippen LogP contribution in [0.5, 0.6) is 0 Å². The lowest BCUT2D eigenvalue weighted by Gasteiger charge is -2.34. The second kappa shape index (κ2) is 4.99. The van der Waals surface area contributed by atoms with Crippen LogP contribution in [0.3, 0.4) is 0 Å². The number of hydrogen-bond donors (Lipinski definition) is 1. The second-order valence-corrected chi connectivity index (χ2v) is 4.32. The minimum Gasteiger partial charge on any atom is -0.446 e. The lowest BCUT2D eigenvalue weighted by atomic mass is 9.92. The van der Waals surface area contributed by atoms with Crippen LogP contribution < -0.4 is 5.32 Å². The van der Waals surface area contributed by atoms with Crippen molar-refractivity contribution in [3.8, 4) is 0 Å². The average molecular weight is 276 g/mol. The van der Waals surface area contributed by atoms with E-state index in [1.807, 2.05) is 0 Å². The normalized spacial score (nSPS) is 22.6. The van der Waals surface area contributed by atoms with Crippen LogP contribution in [0.2, 0.25) is 0 Å². The highest BCUT2D eigenvalue weighted by atomic mass is 16.6. The van der Waals surface area contributed by atoms with Crippen molar-refractivity contribution in [1.82, 2.24) is 15.3 Å². The molecule has 1 N–H and O–H groups in total. The minimum atomic E-state index is -1.13. The molecular formula is C12H12N4O4. The molecule has 0 aliphatic carbocycles. The molecule has 1 fully saturated rings. The van der Waals surface area contributed by atoms with Gasteiger partial charge in [-0.1, -0.05) is 0 Å². The van der Waals surface area contributed by atoms with Gasteiger partial charge in [0.15, 0.2) is 5.60 Å². The number of morpholine rings is 1. The predicted octanol–water partition coefficient (Wildman–Crippen LogP) is 0.841. The maximum Gasteiger partial charge on any atom is 0.370 e. The Morgan fingerprint density at radius 1 is 1.40 bits per heavy atom. The molecule has 3 heterocycles. The van der Waals surface area contributed by atoms with Gasteiger partial charge in [-0.2, -0.15) is 0 Å². The molecule has 1 unspecified atom stereocenters. The highest BCUT2D eigenvalue weighted by Crippen LogP contribution is 2.37. The summed E-state index contributed by atoms with van der Waals surface area (Å²) in [7, 11) is 0. The summed E-state index contributed by atoms with van der Waals surface area (Å²) in [6.07, 6.45) is 4.27. The highest BCUT2D eigenvalue weighted by Gasteiger charge is 2.46. The first kappa shape index (κ1) is 12.7. The van der Waals surface area contributed by atoms with Gasteiger partial charge >= 0.3 is 5.82 Å². The van der Waals surface area contributed by atoms with Crippen LogP contribution in [0.1, 0.15) is 11.5 Å². The molecule has 1 aliphatic heterocycles. The molecule has 104 valence electrons. The number of oxazole rings is 1. The topological polar surface area (TPSA) is 103 Å². The monoisotopic (exact) mass is 276 g/mol. The molecular weight excluding hydrogens is 264 g/mol. The number of nitrogens with one attached hydrogen (secondary N) is 1. The van der Waals surface area contributed by atoms with E-state index in [0.29, 0.717) is 25.3 Å². The third-order valence-electron chi connectivity index (χ3n) is 3.17. The number of nitro groups is 1. The van der Waals surface area contributed by atoms with Crippen LogP contribution in [-0.2, 0) is 10.3 Å². The number of aromatic nitrogens is 2. The van der Waals surface area contributed by atoms with Gasteiger partial charge in [0.25, 0.3) is 0 Å². The SMILES string of the molecule is O=[N+]([O-])c1ncccc1C1(c2ncco2)CNCCO1. The van der Waals surface area contributed by atoms with E-state index in [-0.39, 0.29) is 11.7 Å². The molecule has 8 heteroatoms. The summed E-state index contributed by atoms with van der Waals surface area (Å²) in [5.41, 5.74) is -0.794. The molecule has 8 nitrogen and oxygen atoms in total. The van der Waals surface area contributed by atoms with Crippen molar-refractivity contribution in [3.05, 3.63) is 52.4 Å². The van der Waals surface area contributed by atoms with Crippen LogP contribution >= 0.6 is 0 Å². The lowest BCUT2D eigenvalue weighted by Crippen LogP contribution is -2.48. The summed E-state index contributed by atoms with van der Waals surface area (Å²) in [5.74, 6) is 0.0233. The van der Waals surface area contributed by atoms with Crippen molar-refractivity contribution in [2.24, 2.45) is 0 Å². The van der Waals surface area contributed by atoms with Crippen LogP contribution in [0.15, 0.2) is 35.2 Å². The highest BCUT2D eigenvalue weighted by molar-refractivity contribution is 5.41. The van der Waals surface area contributed by atoms with Gasteiger partial charge in [-0.25, -0.2) is 4.98 Å². The molecule has 0 amide bonds. The van der Waals surface area contributed by atoms with E-state index >= 15 is 0 Å². The summed E-state index contributed by atoms with van der Waals surface area (Å²) >= 11 is 0. The standard InChI is InChI=1S/C12H12N4O4/c17-16(18)10-9(2-1-3-14-10)12(8-13-4-7-20-12)11-15-5-6-19-11/h1-3,5-6,13H,4,7-8H2.